The van der Waals surface area contributed by atoms with Gasteiger partial charge in [-0.1, -0.05) is 18.2 Å². The molecule has 4 aromatic rings. The Morgan fingerprint density at radius 3 is 2.72 bits per heavy atom. The highest BCUT2D eigenvalue weighted by atomic mass is 19.1. The van der Waals surface area contributed by atoms with Crippen molar-refractivity contribution in [2.45, 2.75) is 6.54 Å². The van der Waals surface area contributed by atoms with Crippen LogP contribution in [0.2, 0.25) is 0 Å². The molecule has 1 amide bonds. The molecule has 6 heteroatoms. The maximum absolute atomic E-state index is 12.9. The number of rotatable bonds is 4. The van der Waals surface area contributed by atoms with Crippen LogP contribution in [-0.4, -0.2) is 21.1 Å². The van der Waals surface area contributed by atoms with Crippen LogP contribution in [0.25, 0.3) is 22.3 Å². The van der Waals surface area contributed by atoms with Crippen molar-refractivity contribution in [3.63, 3.8) is 0 Å². The zero-order chi connectivity index (χ0) is 17.2. The maximum Gasteiger partial charge on any atom is 0.252 e. The number of benzene rings is 2. The number of aromatic amines is 2. The van der Waals surface area contributed by atoms with E-state index < -0.39 is 0 Å². The molecule has 0 saturated heterocycles. The highest BCUT2D eigenvalue weighted by molar-refractivity contribution is 6.07. The second-order valence-corrected chi connectivity index (χ2v) is 5.72. The predicted octanol–water partition coefficient (Wildman–Crippen LogP) is 3.63. The average Bonchev–Trinajstić information content (AvgIpc) is 3.29. The van der Waals surface area contributed by atoms with Gasteiger partial charge >= 0.3 is 0 Å². The third kappa shape index (κ3) is 3.01. The van der Waals surface area contributed by atoms with Crippen LogP contribution in [0.1, 0.15) is 15.9 Å². The summed E-state index contributed by atoms with van der Waals surface area (Å²) in [4.78, 5) is 15.8. The summed E-state index contributed by atoms with van der Waals surface area (Å²) in [6.45, 7) is 0.339. The Labute approximate surface area is 142 Å². The lowest BCUT2D eigenvalue weighted by molar-refractivity contribution is 0.0952. The van der Waals surface area contributed by atoms with E-state index in [2.05, 4.69) is 20.5 Å². The molecule has 2 aromatic heterocycles. The standard InChI is InChI=1S/C19H15FN4O/c20-13-6-4-12(5-7-13)11-21-19(25)14-2-1-3-16-15(14)10-18(23-16)17-8-9-22-24-17/h1-10,23H,11H2,(H,21,25)(H,22,24). The number of amides is 1. The third-order valence-corrected chi connectivity index (χ3v) is 4.05. The molecule has 0 radical (unpaired) electrons. The van der Waals surface area contributed by atoms with E-state index >= 15 is 0 Å². The van der Waals surface area contributed by atoms with Crippen molar-refractivity contribution in [1.29, 1.82) is 0 Å². The topological polar surface area (TPSA) is 73.6 Å². The number of nitrogens with zero attached hydrogens (tertiary/aromatic N) is 1. The fourth-order valence-corrected chi connectivity index (χ4v) is 2.78. The molecule has 3 N–H and O–H groups in total. The number of hydrogen-bond donors (Lipinski definition) is 3. The number of nitrogens with one attached hydrogen (secondary N) is 3. The highest BCUT2D eigenvalue weighted by Crippen LogP contribution is 2.25. The number of aromatic nitrogens is 3. The minimum absolute atomic E-state index is 0.178. The average molecular weight is 334 g/mol. The van der Waals surface area contributed by atoms with Crippen LogP contribution < -0.4 is 5.32 Å². The van der Waals surface area contributed by atoms with Crippen LogP contribution in [0, 0.1) is 5.82 Å². The zero-order valence-electron chi connectivity index (χ0n) is 13.2. The van der Waals surface area contributed by atoms with Gasteiger partial charge in [0.05, 0.1) is 5.69 Å². The molecule has 0 spiro atoms. The molecule has 0 unspecified atom stereocenters. The van der Waals surface area contributed by atoms with Crippen LogP contribution >= 0.6 is 0 Å². The highest BCUT2D eigenvalue weighted by Gasteiger charge is 2.13. The molecule has 0 atom stereocenters. The van der Waals surface area contributed by atoms with E-state index in [0.717, 1.165) is 27.9 Å². The predicted molar refractivity (Wildman–Crippen MR) is 93.5 cm³/mol. The monoisotopic (exact) mass is 334 g/mol. The lowest BCUT2D eigenvalue weighted by Gasteiger charge is -2.06. The Morgan fingerprint density at radius 1 is 1.12 bits per heavy atom. The van der Waals surface area contributed by atoms with E-state index in [-0.39, 0.29) is 11.7 Å². The van der Waals surface area contributed by atoms with Gasteiger partial charge in [0.1, 0.15) is 11.5 Å². The van der Waals surface area contributed by atoms with Gasteiger partial charge in [-0.25, -0.2) is 4.39 Å². The van der Waals surface area contributed by atoms with Gasteiger partial charge in [0, 0.05) is 29.2 Å². The Balaban J connectivity index is 1.59. The van der Waals surface area contributed by atoms with E-state index in [1.807, 2.05) is 24.3 Å². The summed E-state index contributed by atoms with van der Waals surface area (Å²) < 4.78 is 12.9. The molecular formula is C19H15FN4O. The first-order valence-electron chi connectivity index (χ1n) is 7.85. The smallest absolute Gasteiger partial charge is 0.252 e. The Kier molecular flexibility index (Phi) is 3.78. The maximum atomic E-state index is 12.9. The number of H-pyrrole nitrogens is 2. The summed E-state index contributed by atoms with van der Waals surface area (Å²) in [5, 5.41) is 10.6. The molecular weight excluding hydrogens is 319 g/mol. The van der Waals surface area contributed by atoms with E-state index in [9.17, 15) is 9.18 Å². The molecule has 2 aromatic carbocycles. The molecule has 0 aliphatic carbocycles. The van der Waals surface area contributed by atoms with Crippen LogP contribution in [0.4, 0.5) is 4.39 Å². The third-order valence-electron chi connectivity index (χ3n) is 4.05. The molecule has 5 nitrogen and oxygen atoms in total. The second kappa shape index (κ2) is 6.24. The Bertz CT molecular complexity index is 1020. The van der Waals surface area contributed by atoms with E-state index in [1.165, 1.54) is 12.1 Å². The zero-order valence-corrected chi connectivity index (χ0v) is 13.2. The first-order chi connectivity index (χ1) is 12.2. The number of fused-ring (bicyclic) bond motifs is 1. The lowest BCUT2D eigenvalue weighted by Crippen LogP contribution is -2.22. The number of carbonyl (C=O) groups is 1. The Morgan fingerprint density at radius 2 is 1.96 bits per heavy atom. The van der Waals surface area contributed by atoms with Crippen LogP contribution in [0.15, 0.2) is 60.8 Å². The second-order valence-electron chi connectivity index (χ2n) is 5.72. The summed E-state index contributed by atoms with van der Waals surface area (Å²) in [7, 11) is 0. The van der Waals surface area contributed by atoms with Gasteiger partial charge in [0.25, 0.3) is 5.91 Å². The van der Waals surface area contributed by atoms with Crippen LogP contribution in [0.3, 0.4) is 0 Å². The first kappa shape index (κ1) is 15.1. The number of carbonyl (C=O) groups excluding carboxylic acids is 1. The van der Waals surface area contributed by atoms with Gasteiger partial charge in [0.15, 0.2) is 0 Å². The summed E-state index contributed by atoms with van der Waals surface area (Å²) in [5.74, 6) is -0.472. The van der Waals surface area contributed by atoms with Gasteiger partial charge in [-0.2, -0.15) is 5.10 Å². The number of hydrogen-bond acceptors (Lipinski definition) is 2. The quantitative estimate of drug-likeness (QED) is 0.533. The van der Waals surface area contributed by atoms with E-state index in [4.69, 9.17) is 0 Å². The Hall–Kier alpha value is -3.41. The van der Waals surface area contributed by atoms with Gasteiger partial charge in [0.2, 0.25) is 0 Å². The molecule has 0 fully saturated rings. The van der Waals surface area contributed by atoms with Crippen molar-refractivity contribution in [1.82, 2.24) is 20.5 Å². The fourth-order valence-electron chi connectivity index (χ4n) is 2.78. The molecule has 0 bridgehead atoms. The van der Waals surface area contributed by atoms with E-state index in [0.29, 0.717) is 12.1 Å². The van der Waals surface area contributed by atoms with Gasteiger partial charge in [-0.05, 0) is 42.0 Å². The van der Waals surface area contributed by atoms with E-state index in [1.54, 1.807) is 24.4 Å². The molecule has 25 heavy (non-hydrogen) atoms. The normalized spacial score (nSPS) is 10.9. The summed E-state index contributed by atoms with van der Waals surface area (Å²) in [6.07, 6.45) is 1.75. The first-order valence-corrected chi connectivity index (χ1v) is 7.85. The molecule has 0 aliphatic heterocycles. The lowest BCUT2D eigenvalue weighted by atomic mass is 10.1. The summed E-state index contributed by atoms with van der Waals surface area (Å²) in [6, 6.07) is 15.4. The van der Waals surface area contributed by atoms with Gasteiger partial charge < -0.3 is 10.3 Å². The van der Waals surface area contributed by atoms with Crippen molar-refractivity contribution < 1.29 is 9.18 Å². The fraction of sp³-hybridized carbons (Fsp3) is 0.0526. The SMILES string of the molecule is O=C(NCc1ccc(F)cc1)c1cccc2[nH]c(-c3cc[nH]n3)cc12. The van der Waals surface area contributed by atoms with Crippen LogP contribution in [-0.2, 0) is 6.54 Å². The van der Waals surface area contributed by atoms with Crippen molar-refractivity contribution in [2.24, 2.45) is 0 Å². The molecule has 4 rings (SSSR count). The minimum Gasteiger partial charge on any atom is -0.353 e. The van der Waals surface area contributed by atoms with Crippen molar-refractivity contribution >= 4 is 16.8 Å². The van der Waals surface area contributed by atoms with Gasteiger partial charge in [-0.15, -0.1) is 0 Å². The number of halogens is 1. The van der Waals surface area contributed by atoms with Crippen molar-refractivity contribution in [3.05, 3.63) is 77.7 Å². The molecule has 2 heterocycles. The molecule has 0 saturated carbocycles. The molecule has 124 valence electrons. The molecule has 0 aliphatic rings. The van der Waals surface area contributed by atoms with Crippen LogP contribution in [0.5, 0.6) is 0 Å². The van der Waals surface area contributed by atoms with Gasteiger partial charge in [-0.3, -0.25) is 9.89 Å². The van der Waals surface area contributed by atoms with Crippen molar-refractivity contribution in [2.75, 3.05) is 0 Å². The summed E-state index contributed by atoms with van der Waals surface area (Å²) >= 11 is 0. The minimum atomic E-state index is -0.293. The summed E-state index contributed by atoms with van der Waals surface area (Å²) in [5.41, 5.74) is 3.92. The largest absolute Gasteiger partial charge is 0.353 e. The van der Waals surface area contributed by atoms with Crippen molar-refractivity contribution in [3.8, 4) is 11.4 Å².